The first-order chi connectivity index (χ1) is 30.0. The van der Waals surface area contributed by atoms with E-state index in [9.17, 15) is 19.0 Å². The number of ether oxygens (including phenoxy) is 2. The molecule has 2 unspecified atom stereocenters. The van der Waals surface area contributed by atoms with E-state index in [1.54, 1.807) is 0 Å². The van der Waals surface area contributed by atoms with E-state index in [1.807, 2.05) is 21.1 Å². The fraction of sp³-hybridized carbons (Fsp3) is 0.769. The summed E-state index contributed by atoms with van der Waals surface area (Å²) in [5.74, 6) is -0.850. The standard InChI is InChI=1S/C52H94NO8P/c1-6-8-10-12-14-16-18-20-22-24-25-26-27-29-30-32-34-36-38-40-42-44-51(54)58-48-50(49-60-62(56,57)59-47-46-53(3,4)5)61-52(55)45-43-41-39-37-35-33-31-28-23-21-19-17-15-13-11-9-7-2/h9,11,15,17-18,20-21,23-25,50H,6-8,10,12-14,16,19,22,26-49H2,1-5H3/b11-9-,17-15-,20-18-,23-21-,25-24-. The molecule has 0 heterocycles. The minimum absolute atomic E-state index is 0.0359. The third-order valence-electron chi connectivity index (χ3n) is 10.5. The summed E-state index contributed by atoms with van der Waals surface area (Å²) in [6, 6.07) is 0. The van der Waals surface area contributed by atoms with Gasteiger partial charge < -0.3 is 27.9 Å². The lowest BCUT2D eigenvalue weighted by Gasteiger charge is -2.28. The highest BCUT2D eigenvalue weighted by atomic mass is 31.2. The minimum Gasteiger partial charge on any atom is -0.756 e. The van der Waals surface area contributed by atoms with E-state index in [-0.39, 0.29) is 26.1 Å². The molecular weight excluding hydrogens is 798 g/mol. The van der Waals surface area contributed by atoms with E-state index in [4.69, 9.17) is 18.5 Å². The molecule has 0 aliphatic heterocycles. The second-order valence-corrected chi connectivity index (χ2v) is 19.2. The summed E-state index contributed by atoms with van der Waals surface area (Å²) in [5.41, 5.74) is 0. The Bertz CT molecular complexity index is 1240. The van der Waals surface area contributed by atoms with Crippen LogP contribution >= 0.6 is 7.82 Å². The molecule has 0 amide bonds. The number of quaternary nitrogens is 1. The highest BCUT2D eigenvalue weighted by molar-refractivity contribution is 7.45. The zero-order valence-corrected chi connectivity index (χ0v) is 41.4. The molecular formula is C52H94NO8P. The number of likely N-dealkylation sites (N-methyl/N-ethyl adjacent to an activating group) is 1. The van der Waals surface area contributed by atoms with Crippen molar-refractivity contribution in [3.05, 3.63) is 60.8 Å². The van der Waals surface area contributed by atoms with Crippen LogP contribution in [0, 0.1) is 0 Å². The second kappa shape index (κ2) is 43.9. The Morgan fingerprint density at radius 1 is 0.516 bits per heavy atom. The summed E-state index contributed by atoms with van der Waals surface area (Å²) < 4.78 is 34.0. The van der Waals surface area contributed by atoms with E-state index < -0.39 is 32.5 Å². The summed E-state index contributed by atoms with van der Waals surface area (Å²) in [5, 5.41) is 0. The Hall–Kier alpha value is -2.29. The van der Waals surface area contributed by atoms with E-state index in [1.165, 1.54) is 96.3 Å². The molecule has 9 nitrogen and oxygen atoms in total. The van der Waals surface area contributed by atoms with Crippen molar-refractivity contribution in [2.75, 3.05) is 47.5 Å². The first kappa shape index (κ1) is 59.7. The first-order valence-corrected chi connectivity index (χ1v) is 26.5. The largest absolute Gasteiger partial charge is 0.756 e. The van der Waals surface area contributed by atoms with Gasteiger partial charge in [0.2, 0.25) is 0 Å². The zero-order chi connectivity index (χ0) is 45.7. The van der Waals surface area contributed by atoms with Gasteiger partial charge in [-0.05, 0) is 77.0 Å². The molecule has 0 aromatic heterocycles. The Morgan fingerprint density at radius 2 is 0.919 bits per heavy atom. The summed E-state index contributed by atoms with van der Waals surface area (Å²) in [6.45, 7) is 4.10. The molecule has 0 aromatic rings. The zero-order valence-electron chi connectivity index (χ0n) is 40.6. The lowest BCUT2D eigenvalue weighted by Crippen LogP contribution is -2.37. The van der Waals surface area contributed by atoms with Crippen LogP contribution < -0.4 is 4.89 Å². The van der Waals surface area contributed by atoms with Crippen molar-refractivity contribution >= 4 is 19.8 Å². The maximum absolute atomic E-state index is 12.7. The van der Waals surface area contributed by atoms with Crippen molar-refractivity contribution in [2.45, 2.75) is 213 Å². The van der Waals surface area contributed by atoms with Crippen LogP contribution in [0.15, 0.2) is 60.8 Å². The number of unbranched alkanes of at least 4 members (excludes halogenated alkanes) is 21. The van der Waals surface area contributed by atoms with Gasteiger partial charge in [0.1, 0.15) is 19.8 Å². The van der Waals surface area contributed by atoms with Crippen LogP contribution in [0.4, 0.5) is 0 Å². The van der Waals surface area contributed by atoms with Crippen LogP contribution in [0.5, 0.6) is 0 Å². The van der Waals surface area contributed by atoms with Crippen molar-refractivity contribution in [1.82, 2.24) is 0 Å². The molecule has 2 atom stereocenters. The smallest absolute Gasteiger partial charge is 0.306 e. The molecule has 62 heavy (non-hydrogen) atoms. The Kier molecular flexibility index (Phi) is 42.3. The Labute approximate surface area is 381 Å². The quantitative estimate of drug-likeness (QED) is 0.0195. The predicted octanol–water partition coefficient (Wildman–Crippen LogP) is 14.2. The topological polar surface area (TPSA) is 111 Å². The van der Waals surface area contributed by atoms with Gasteiger partial charge in [0.25, 0.3) is 7.82 Å². The maximum atomic E-state index is 12.7. The van der Waals surface area contributed by atoms with Crippen LogP contribution in [0.2, 0.25) is 0 Å². The maximum Gasteiger partial charge on any atom is 0.306 e. The molecule has 0 aliphatic carbocycles. The minimum atomic E-state index is -4.64. The van der Waals surface area contributed by atoms with Gasteiger partial charge in [-0.25, -0.2) is 0 Å². The number of rotatable bonds is 45. The number of carbonyl (C=O) groups excluding carboxylic acids is 2. The van der Waals surface area contributed by atoms with Crippen LogP contribution in [-0.4, -0.2) is 70.0 Å². The monoisotopic (exact) mass is 892 g/mol. The van der Waals surface area contributed by atoms with E-state index in [0.29, 0.717) is 17.4 Å². The number of carbonyl (C=O) groups is 2. The van der Waals surface area contributed by atoms with Crippen molar-refractivity contribution in [3.63, 3.8) is 0 Å². The third kappa shape index (κ3) is 47.2. The van der Waals surface area contributed by atoms with E-state index in [2.05, 4.69) is 74.6 Å². The molecule has 360 valence electrons. The molecule has 0 aromatic carbocycles. The van der Waals surface area contributed by atoms with E-state index >= 15 is 0 Å². The molecule has 0 saturated heterocycles. The van der Waals surface area contributed by atoms with Crippen molar-refractivity contribution in [3.8, 4) is 0 Å². The van der Waals surface area contributed by atoms with Crippen molar-refractivity contribution < 1.29 is 42.1 Å². The number of phosphoric ester groups is 1. The number of phosphoric acid groups is 1. The number of nitrogens with zero attached hydrogens (tertiary/aromatic N) is 1. The molecule has 0 rings (SSSR count). The number of allylic oxidation sites excluding steroid dienone is 10. The second-order valence-electron chi connectivity index (χ2n) is 17.8. The van der Waals surface area contributed by atoms with Crippen LogP contribution in [0.25, 0.3) is 0 Å². The van der Waals surface area contributed by atoms with Gasteiger partial charge in [-0.1, -0.05) is 177 Å². The SMILES string of the molecule is CC/C=C\C/C=C\C/C=C\CCCCCCCCCC(=O)OC(COC(=O)CCCCCCCCCCC/C=C\C/C=C\CCCCCCC)COP(=O)([O-])OCC[N+](C)(C)C. The summed E-state index contributed by atoms with van der Waals surface area (Å²) >= 11 is 0. The molecule has 0 spiro atoms. The van der Waals surface area contributed by atoms with Gasteiger partial charge in [0.15, 0.2) is 6.10 Å². The summed E-state index contributed by atoms with van der Waals surface area (Å²) in [7, 11) is 1.15. The fourth-order valence-electron chi connectivity index (χ4n) is 6.64. The van der Waals surface area contributed by atoms with Crippen LogP contribution in [0.1, 0.15) is 206 Å². The number of hydrogen-bond donors (Lipinski definition) is 0. The molecule has 0 radical (unpaired) electrons. The molecule has 10 heteroatoms. The summed E-state index contributed by atoms with van der Waals surface area (Å²) in [6.07, 6.45) is 53.9. The highest BCUT2D eigenvalue weighted by Crippen LogP contribution is 2.38. The van der Waals surface area contributed by atoms with Crippen LogP contribution in [-0.2, 0) is 32.7 Å². The number of hydrogen-bond acceptors (Lipinski definition) is 8. The number of esters is 2. The van der Waals surface area contributed by atoms with Gasteiger partial charge in [0.05, 0.1) is 27.7 Å². The predicted molar refractivity (Wildman–Crippen MR) is 259 cm³/mol. The van der Waals surface area contributed by atoms with Gasteiger partial charge in [-0.15, -0.1) is 0 Å². The van der Waals surface area contributed by atoms with Gasteiger partial charge in [-0.2, -0.15) is 0 Å². The Balaban J connectivity index is 4.28. The lowest BCUT2D eigenvalue weighted by molar-refractivity contribution is -0.870. The average Bonchev–Trinajstić information content (AvgIpc) is 3.23. The molecule has 0 aliphatic rings. The Morgan fingerprint density at radius 3 is 1.37 bits per heavy atom. The fourth-order valence-corrected chi connectivity index (χ4v) is 7.37. The van der Waals surface area contributed by atoms with Crippen molar-refractivity contribution in [1.29, 1.82) is 0 Å². The molecule has 0 saturated carbocycles. The normalized spacial score (nSPS) is 14.0. The first-order valence-electron chi connectivity index (χ1n) is 25.0. The summed E-state index contributed by atoms with van der Waals surface area (Å²) in [4.78, 5) is 37.7. The van der Waals surface area contributed by atoms with Gasteiger partial charge >= 0.3 is 11.9 Å². The van der Waals surface area contributed by atoms with Crippen molar-refractivity contribution in [2.24, 2.45) is 0 Å². The van der Waals surface area contributed by atoms with Gasteiger partial charge in [-0.3, -0.25) is 14.2 Å². The van der Waals surface area contributed by atoms with Crippen LogP contribution in [0.3, 0.4) is 0 Å². The molecule has 0 bridgehead atoms. The van der Waals surface area contributed by atoms with E-state index in [0.717, 1.165) is 77.0 Å². The highest BCUT2D eigenvalue weighted by Gasteiger charge is 2.21. The third-order valence-corrected chi connectivity index (χ3v) is 11.5. The average molecular weight is 892 g/mol. The molecule has 0 fully saturated rings. The molecule has 0 N–H and O–H groups in total. The van der Waals surface area contributed by atoms with Gasteiger partial charge in [0, 0.05) is 12.8 Å². The lowest BCUT2D eigenvalue weighted by atomic mass is 10.1.